The molecule has 0 N–H and O–H groups in total. The van der Waals surface area contributed by atoms with Crippen LogP contribution in [0.15, 0.2) is 12.4 Å². The van der Waals surface area contributed by atoms with Gasteiger partial charge in [0.1, 0.15) is 0 Å². The molecule has 1 atom stereocenters. The van der Waals surface area contributed by atoms with E-state index in [1.54, 1.807) is 22.7 Å². The number of aryl methyl sites for hydroxylation is 1. The zero-order chi connectivity index (χ0) is 15.3. The number of nitrogens with zero attached hydrogens (tertiary/aromatic N) is 4. The summed E-state index contributed by atoms with van der Waals surface area (Å²) in [6.07, 6.45) is 4.64. The van der Waals surface area contributed by atoms with Gasteiger partial charge in [-0.1, -0.05) is 0 Å². The first kappa shape index (κ1) is 14.5. The van der Waals surface area contributed by atoms with Gasteiger partial charge < -0.3 is 4.90 Å². The lowest BCUT2D eigenvalue weighted by atomic mass is 9.86. The van der Waals surface area contributed by atoms with Crippen molar-refractivity contribution in [3.8, 4) is 0 Å². The lowest BCUT2D eigenvalue weighted by Gasteiger charge is -2.23. The highest BCUT2D eigenvalue weighted by molar-refractivity contribution is 7.89. The fourth-order valence-electron chi connectivity index (χ4n) is 3.27. The molecule has 1 amide bonds. The smallest absolute Gasteiger partial charge is 0.227 e. The molecular formula is C13H20N4O3S. The van der Waals surface area contributed by atoms with Crippen LogP contribution in [0, 0.1) is 5.41 Å². The quantitative estimate of drug-likeness (QED) is 0.799. The lowest BCUT2D eigenvalue weighted by Crippen LogP contribution is -2.34. The van der Waals surface area contributed by atoms with Gasteiger partial charge in [-0.25, -0.2) is 12.7 Å². The topological polar surface area (TPSA) is 75.5 Å². The predicted molar refractivity (Wildman–Crippen MR) is 78.3 cm³/mol. The number of hydrogen-bond donors (Lipinski definition) is 0. The average molecular weight is 312 g/mol. The largest absolute Gasteiger partial charge is 0.309 e. The molecule has 1 spiro atoms. The van der Waals surface area contributed by atoms with E-state index in [1.165, 1.54) is 4.31 Å². The van der Waals surface area contributed by atoms with Gasteiger partial charge >= 0.3 is 0 Å². The van der Waals surface area contributed by atoms with E-state index in [0.717, 1.165) is 12.1 Å². The minimum atomic E-state index is -3.17. The number of sulfonamides is 1. The molecule has 0 aromatic carbocycles. The van der Waals surface area contributed by atoms with Crippen LogP contribution >= 0.6 is 0 Å². The number of rotatable bonds is 3. The predicted octanol–water partition coefficient (Wildman–Crippen LogP) is 0.199. The van der Waals surface area contributed by atoms with E-state index >= 15 is 0 Å². The van der Waals surface area contributed by atoms with Gasteiger partial charge in [0, 0.05) is 44.7 Å². The Kier molecular flexibility index (Phi) is 3.32. The molecule has 7 nitrogen and oxygen atoms in total. The van der Waals surface area contributed by atoms with Crippen LogP contribution in [-0.2, 0) is 21.9 Å². The molecule has 3 rings (SSSR count). The Bertz CT molecular complexity index is 669. The molecule has 3 heterocycles. The van der Waals surface area contributed by atoms with Gasteiger partial charge in [-0.05, 0) is 13.3 Å². The molecule has 0 radical (unpaired) electrons. The van der Waals surface area contributed by atoms with Crippen LogP contribution in [-0.4, -0.2) is 53.8 Å². The normalized spacial score (nSPS) is 27.1. The summed E-state index contributed by atoms with van der Waals surface area (Å²) in [6.45, 7) is 3.20. The molecule has 8 heteroatoms. The average Bonchev–Trinajstić information content (AvgIpc) is 3.11. The van der Waals surface area contributed by atoms with Crippen LogP contribution in [0.25, 0.3) is 0 Å². The van der Waals surface area contributed by atoms with Crippen LogP contribution in [0.2, 0.25) is 0 Å². The Balaban J connectivity index is 1.79. The third-order valence-corrected chi connectivity index (χ3v) is 6.31. The van der Waals surface area contributed by atoms with Crippen molar-refractivity contribution < 1.29 is 13.2 Å². The monoisotopic (exact) mass is 312 g/mol. The van der Waals surface area contributed by atoms with E-state index in [-0.39, 0.29) is 17.1 Å². The summed E-state index contributed by atoms with van der Waals surface area (Å²) in [6, 6.07) is 0. The van der Waals surface area contributed by atoms with Crippen LogP contribution in [0.5, 0.6) is 0 Å². The van der Waals surface area contributed by atoms with Crippen LogP contribution in [0.1, 0.15) is 19.8 Å². The molecule has 2 saturated heterocycles. The second kappa shape index (κ2) is 4.81. The molecule has 2 fully saturated rings. The fraction of sp³-hybridized carbons (Fsp3) is 0.692. The Morgan fingerprint density at radius 2 is 2.14 bits per heavy atom. The third kappa shape index (κ3) is 2.46. The van der Waals surface area contributed by atoms with Gasteiger partial charge in [0.25, 0.3) is 0 Å². The molecule has 21 heavy (non-hydrogen) atoms. The fourth-order valence-corrected chi connectivity index (χ4v) is 4.47. The zero-order valence-corrected chi connectivity index (χ0v) is 13.1. The van der Waals surface area contributed by atoms with Crippen molar-refractivity contribution in [1.29, 1.82) is 0 Å². The van der Waals surface area contributed by atoms with Crippen LogP contribution < -0.4 is 4.90 Å². The van der Waals surface area contributed by atoms with E-state index in [9.17, 15) is 13.2 Å². The number of aromatic nitrogens is 2. The van der Waals surface area contributed by atoms with Gasteiger partial charge in [-0.3, -0.25) is 9.48 Å². The van der Waals surface area contributed by atoms with E-state index in [0.29, 0.717) is 26.1 Å². The summed E-state index contributed by atoms with van der Waals surface area (Å²) in [5.41, 5.74) is 0.547. The number of amides is 1. The van der Waals surface area contributed by atoms with E-state index in [2.05, 4.69) is 5.10 Å². The van der Waals surface area contributed by atoms with Crippen LogP contribution in [0.3, 0.4) is 0 Å². The highest BCUT2D eigenvalue weighted by atomic mass is 32.2. The second-order valence-electron chi connectivity index (χ2n) is 6.01. The number of anilines is 1. The van der Waals surface area contributed by atoms with Gasteiger partial charge in [0.15, 0.2) is 0 Å². The molecule has 1 aromatic heterocycles. The lowest BCUT2D eigenvalue weighted by molar-refractivity contribution is -0.117. The van der Waals surface area contributed by atoms with Crippen molar-refractivity contribution >= 4 is 21.6 Å². The number of hydrogen-bond acceptors (Lipinski definition) is 4. The summed E-state index contributed by atoms with van der Waals surface area (Å²) < 4.78 is 27.2. The molecule has 116 valence electrons. The first-order valence-electron chi connectivity index (χ1n) is 7.12. The summed E-state index contributed by atoms with van der Waals surface area (Å²) in [5.74, 6) is 0.169. The first-order chi connectivity index (χ1) is 9.85. The molecule has 1 unspecified atom stereocenters. The van der Waals surface area contributed by atoms with Crippen molar-refractivity contribution in [2.24, 2.45) is 12.5 Å². The van der Waals surface area contributed by atoms with E-state index in [1.807, 2.05) is 13.2 Å². The van der Waals surface area contributed by atoms with Crippen LogP contribution in [0.4, 0.5) is 5.69 Å². The Hall–Kier alpha value is -1.41. The summed E-state index contributed by atoms with van der Waals surface area (Å²) in [7, 11) is -1.36. The molecular weight excluding hydrogens is 292 g/mol. The molecule has 2 aliphatic heterocycles. The number of carbonyl (C=O) groups excluding carboxylic acids is 1. The summed E-state index contributed by atoms with van der Waals surface area (Å²) >= 11 is 0. The van der Waals surface area contributed by atoms with Crippen molar-refractivity contribution in [3.63, 3.8) is 0 Å². The first-order valence-corrected chi connectivity index (χ1v) is 8.73. The molecule has 1 aromatic rings. The summed E-state index contributed by atoms with van der Waals surface area (Å²) in [4.78, 5) is 14.0. The highest BCUT2D eigenvalue weighted by Crippen LogP contribution is 2.42. The Labute approximate surface area is 124 Å². The van der Waals surface area contributed by atoms with E-state index in [4.69, 9.17) is 0 Å². The maximum Gasteiger partial charge on any atom is 0.227 e. The standard InChI is InChI=1S/C13H20N4O3S/c1-3-21(19,20)16-5-4-13(9-16)6-12(18)17(10-13)11-7-14-15(2)8-11/h7-8H,3-6,9-10H2,1-2H3. The number of carbonyl (C=O) groups is 1. The van der Waals surface area contributed by atoms with Crippen molar-refractivity contribution in [3.05, 3.63) is 12.4 Å². The van der Waals surface area contributed by atoms with E-state index < -0.39 is 10.0 Å². The SMILES string of the molecule is CCS(=O)(=O)N1CCC2(CC(=O)N(c3cnn(C)c3)C2)C1. The maximum absolute atomic E-state index is 12.3. The second-order valence-corrected chi connectivity index (χ2v) is 8.27. The minimum absolute atomic E-state index is 0.0544. The Morgan fingerprint density at radius 1 is 1.38 bits per heavy atom. The zero-order valence-electron chi connectivity index (χ0n) is 12.3. The van der Waals surface area contributed by atoms with Gasteiger partial charge in [-0.2, -0.15) is 5.10 Å². The van der Waals surface area contributed by atoms with Crippen molar-refractivity contribution in [2.45, 2.75) is 19.8 Å². The molecule has 2 aliphatic rings. The van der Waals surface area contributed by atoms with Crippen molar-refractivity contribution in [1.82, 2.24) is 14.1 Å². The maximum atomic E-state index is 12.3. The third-order valence-electron chi connectivity index (χ3n) is 4.49. The van der Waals surface area contributed by atoms with Gasteiger partial charge in [-0.15, -0.1) is 0 Å². The molecule has 0 aliphatic carbocycles. The minimum Gasteiger partial charge on any atom is -0.309 e. The Morgan fingerprint density at radius 3 is 2.76 bits per heavy atom. The van der Waals surface area contributed by atoms with Gasteiger partial charge in [0.05, 0.1) is 17.6 Å². The van der Waals surface area contributed by atoms with Gasteiger partial charge in [0.2, 0.25) is 15.9 Å². The summed E-state index contributed by atoms with van der Waals surface area (Å²) in [5, 5.41) is 4.09. The van der Waals surface area contributed by atoms with Crippen molar-refractivity contribution in [2.75, 3.05) is 30.3 Å². The molecule has 0 saturated carbocycles. The highest BCUT2D eigenvalue weighted by Gasteiger charge is 2.50. The molecule has 0 bridgehead atoms.